The Morgan fingerprint density at radius 3 is 2.10 bits per heavy atom. The minimum absolute atomic E-state index is 0.0910. The van der Waals surface area contributed by atoms with Crippen LogP contribution in [0.5, 0.6) is 0 Å². The summed E-state index contributed by atoms with van der Waals surface area (Å²) in [6.45, 7) is 2.99. The molecule has 1 aliphatic heterocycles. The number of benzene rings is 2. The number of likely N-dealkylation sites (tertiary alicyclic amines) is 1. The molecule has 0 atom stereocenters. The van der Waals surface area contributed by atoms with E-state index >= 15 is 0 Å². The predicted molar refractivity (Wildman–Crippen MR) is 82.4 cm³/mol. The summed E-state index contributed by atoms with van der Waals surface area (Å²) in [5.41, 5.74) is 3.88. The molecule has 0 amide bonds. The van der Waals surface area contributed by atoms with Crippen molar-refractivity contribution in [1.29, 1.82) is 0 Å². The van der Waals surface area contributed by atoms with Crippen LogP contribution in [-0.4, -0.2) is 29.2 Å². The van der Waals surface area contributed by atoms with Gasteiger partial charge >= 0.3 is 0 Å². The Labute approximate surface area is 120 Å². The fourth-order valence-electron chi connectivity index (χ4n) is 2.77. The van der Waals surface area contributed by atoms with Gasteiger partial charge in [-0.05, 0) is 29.5 Å². The van der Waals surface area contributed by atoms with Crippen molar-refractivity contribution in [3.8, 4) is 11.1 Å². The molecular formula is C18H21NO. The lowest BCUT2D eigenvalue weighted by Gasteiger charge is -2.29. The SMILES string of the molecule is OC1CCN(Cc2ccc(-c3ccccc3)cc2)CC1. The van der Waals surface area contributed by atoms with E-state index < -0.39 is 0 Å². The lowest BCUT2D eigenvalue weighted by molar-refractivity contribution is 0.0792. The maximum atomic E-state index is 9.53. The van der Waals surface area contributed by atoms with E-state index in [1.165, 1.54) is 16.7 Å². The number of hydrogen-bond donors (Lipinski definition) is 1. The molecule has 3 rings (SSSR count). The predicted octanol–water partition coefficient (Wildman–Crippen LogP) is 3.31. The van der Waals surface area contributed by atoms with Crippen molar-refractivity contribution in [2.45, 2.75) is 25.5 Å². The van der Waals surface area contributed by atoms with E-state index in [4.69, 9.17) is 0 Å². The van der Waals surface area contributed by atoms with Gasteiger partial charge in [0.15, 0.2) is 0 Å². The zero-order valence-electron chi connectivity index (χ0n) is 11.7. The van der Waals surface area contributed by atoms with Gasteiger partial charge in [-0.25, -0.2) is 0 Å². The molecular weight excluding hydrogens is 246 g/mol. The fraction of sp³-hybridized carbons (Fsp3) is 0.333. The molecule has 0 bridgehead atoms. The quantitative estimate of drug-likeness (QED) is 0.922. The zero-order valence-corrected chi connectivity index (χ0v) is 11.7. The zero-order chi connectivity index (χ0) is 13.8. The van der Waals surface area contributed by atoms with E-state index in [0.717, 1.165) is 32.5 Å². The van der Waals surface area contributed by atoms with E-state index in [2.05, 4.69) is 53.4 Å². The van der Waals surface area contributed by atoms with Crippen LogP contribution in [0.25, 0.3) is 11.1 Å². The average molecular weight is 267 g/mol. The molecule has 1 fully saturated rings. The molecule has 0 aliphatic carbocycles. The average Bonchev–Trinajstić information content (AvgIpc) is 2.51. The second-order valence-electron chi connectivity index (χ2n) is 5.57. The van der Waals surface area contributed by atoms with Gasteiger partial charge in [0.2, 0.25) is 0 Å². The number of piperidine rings is 1. The van der Waals surface area contributed by atoms with Gasteiger partial charge in [0.1, 0.15) is 0 Å². The van der Waals surface area contributed by atoms with Crippen molar-refractivity contribution in [3.05, 3.63) is 60.2 Å². The summed E-state index contributed by atoms with van der Waals surface area (Å²) in [5, 5.41) is 9.53. The van der Waals surface area contributed by atoms with Crippen LogP contribution in [0.2, 0.25) is 0 Å². The first-order valence-corrected chi connectivity index (χ1v) is 7.36. The normalized spacial score (nSPS) is 17.2. The second-order valence-corrected chi connectivity index (χ2v) is 5.57. The number of nitrogens with zero attached hydrogens (tertiary/aromatic N) is 1. The van der Waals surface area contributed by atoms with Crippen LogP contribution in [0.15, 0.2) is 54.6 Å². The molecule has 1 N–H and O–H groups in total. The first-order chi connectivity index (χ1) is 9.81. The van der Waals surface area contributed by atoms with Crippen molar-refractivity contribution in [3.63, 3.8) is 0 Å². The summed E-state index contributed by atoms with van der Waals surface area (Å²) in [5.74, 6) is 0. The number of rotatable bonds is 3. The number of aliphatic hydroxyl groups excluding tert-OH is 1. The fourth-order valence-corrected chi connectivity index (χ4v) is 2.77. The smallest absolute Gasteiger partial charge is 0.0564 e. The summed E-state index contributed by atoms with van der Waals surface area (Å²) >= 11 is 0. The minimum atomic E-state index is -0.0910. The Bertz CT molecular complexity index is 527. The van der Waals surface area contributed by atoms with Crippen LogP contribution < -0.4 is 0 Å². The molecule has 1 saturated heterocycles. The van der Waals surface area contributed by atoms with Crippen molar-refractivity contribution in [2.75, 3.05) is 13.1 Å². The van der Waals surface area contributed by atoms with Gasteiger partial charge in [-0.15, -0.1) is 0 Å². The first-order valence-electron chi connectivity index (χ1n) is 7.36. The highest BCUT2D eigenvalue weighted by atomic mass is 16.3. The van der Waals surface area contributed by atoms with Crippen LogP contribution >= 0.6 is 0 Å². The van der Waals surface area contributed by atoms with Crippen LogP contribution in [0.3, 0.4) is 0 Å². The standard InChI is InChI=1S/C18H21NO/c20-18-10-12-19(13-11-18)14-15-6-8-17(9-7-15)16-4-2-1-3-5-16/h1-9,18,20H,10-14H2. The summed E-state index contributed by atoms with van der Waals surface area (Å²) in [4.78, 5) is 2.42. The van der Waals surface area contributed by atoms with Gasteiger partial charge in [-0.1, -0.05) is 54.6 Å². The van der Waals surface area contributed by atoms with Crippen LogP contribution in [0, 0.1) is 0 Å². The van der Waals surface area contributed by atoms with Crippen LogP contribution in [-0.2, 0) is 6.54 Å². The minimum Gasteiger partial charge on any atom is -0.393 e. The van der Waals surface area contributed by atoms with E-state index in [-0.39, 0.29) is 6.10 Å². The van der Waals surface area contributed by atoms with Crippen molar-refractivity contribution < 1.29 is 5.11 Å². The molecule has 1 heterocycles. The molecule has 1 aliphatic rings. The van der Waals surface area contributed by atoms with Crippen molar-refractivity contribution in [2.24, 2.45) is 0 Å². The lowest BCUT2D eigenvalue weighted by atomic mass is 10.0. The maximum Gasteiger partial charge on any atom is 0.0564 e. The summed E-state index contributed by atoms with van der Waals surface area (Å²) < 4.78 is 0. The highest BCUT2D eigenvalue weighted by Gasteiger charge is 2.16. The molecule has 2 aromatic rings. The molecule has 104 valence electrons. The van der Waals surface area contributed by atoms with Crippen molar-refractivity contribution in [1.82, 2.24) is 4.90 Å². The van der Waals surface area contributed by atoms with Crippen LogP contribution in [0.4, 0.5) is 0 Å². The van der Waals surface area contributed by atoms with Gasteiger partial charge in [-0.3, -0.25) is 4.90 Å². The third-order valence-corrected chi connectivity index (χ3v) is 4.02. The van der Waals surface area contributed by atoms with Gasteiger partial charge < -0.3 is 5.11 Å². The van der Waals surface area contributed by atoms with Crippen LogP contribution in [0.1, 0.15) is 18.4 Å². The third kappa shape index (κ3) is 3.27. The lowest BCUT2D eigenvalue weighted by Crippen LogP contribution is -2.35. The molecule has 20 heavy (non-hydrogen) atoms. The molecule has 0 aromatic heterocycles. The highest BCUT2D eigenvalue weighted by molar-refractivity contribution is 5.63. The van der Waals surface area contributed by atoms with Gasteiger partial charge in [0.25, 0.3) is 0 Å². The highest BCUT2D eigenvalue weighted by Crippen LogP contribution is 2.20. The summed E-state index contributed by atoms with van der Waals surface area (Å²) in [6.07, 6.45) is 1.72. The topological polar surface area (TPSA) is 23.5 Å². The Kier molecular flexibility index (Phi) is 4.14. The van der Waals surface area contributed by atoms with E-state index in [1.54, 1.807) is 0 Å². The van der Waals surface area contributed by atoms with Gasteiger partial charge in [0.05, 0.1) is 6.10 Å². The Hall–Kier alpha value is -1.64. The summed E-state index contributed by atoms with van der Waals surface area (Å²) in [7, 11) is 0. The Morgan fingerprint density at radius 2 is 1.45 bits per heavy atom. The molecule has 0 spiro atoms. The molecule has 0 radical (unpaired) electrons. The molecule has 2 heteroatoms. The maximum absolute atomic E-state index is 9.53. The largest absolute Gasteiger partial charge is 0.393 e. The van der Waals surface area contributed by atoms with Gasteiger partial charge in [-0.2, -0.15) is 0 Å². The van der Waals surface area contributed by atoms with E-state index in [1.807, 2.05) is 6.07 Å². The number of hydrogen-bond acceptors (Lipinski definition) is 2. The second kappa shape index (κ2) is 6.21. The van der Waals surface area contributed by atoms with Gasteiger partial charge in [0, 0.05) is 19.6 Å². The summed E-state index contributed by atoms with van der Waals surface area (Å²) in [6, 6.07) is 19.3. The third-order valence-electron chi connectivity index (χ3n) is 4.02. The molecule has 0 unspecified atom stereocenters. The van der Waals surface area contributed by atoms with E-state index in [0.29, 0.717) is 0 Å². The van der Waals surface area contributed by atoms with Crippen molar-refractivity contribution >= 4 is 0 Å². The molecule has 0 saturated carbocycles. The Balaban J connectivity index is 1.65. The molecule has 2 nitrogen and oxygen atoms in total. The monoisotopic (exact) mass is 267 g/mol. The number of aliphatic hydroxyl groups is 1. The molecule has 2 aromatic carbocycles. The van der Waals surface area contributed by atoms with E-state index in [9.17, 15) is 5.11 Å². The first kappa shape index (κ1) is 13.3. The Morgan fingerprint density at radius 1 is 0.850 bits per heavy atom.